The molecule has 2 aliphatic rings. The second kappa shape index (κ2) is 6.41. The number of nitrogens with zero attached hydrogens (tertiary/aromatic N) is 2. The van der Waals surface area contributed by atoms with E-state index in [2.05, 4.69) is 6.07 Å². The van der Waals surface area contributed by atoms with Crippen LogP contribution in [0.5, 0.6) is 17.4 Å². The van der Waals surface area contributed by atoms with E-state index in [4.69, 9.17) is 19.2 Å². The summed E-state index contributed by atoms with van der Waals surface area (Å²) in [7, 11) is 0. The number of rotatable bonds is 2. The van der Waals surface area contributed by atoms with Gasteiger partial charge in [-0.3, -0.25) is 4.79 Å². The van der Waals surface area contributed by atoms with E-state index in [0.717, 1.165) is 33.3 Å². The number of ether oxygens (including phenoxy) is 3. The van der Waals surface area contributed by atoms with Gasteiger partial charge in [-0.25, -0.2) is 4.98 Å². The highest BCUT2D eigenvalue weighted by atomic mass is 16.7. The molecule has 0 radical (unpaired) electrons. The molecule has 2 aliphatic heterocycles. The molecule has 6 heteroatoms. The standard InChI is InChI=1S/C22H20N2O4/c1-13-4-3-5-16-9-17-11-24(22(25)14(2)28-21(17)23-20(13)16)10-15-6-7-18-19(8-15)27-12-26-18/h3-9,14H,10-12H2,1-2H3/t14-/m1/s1. The molecule has 1 amide bonds. The number of carbonyl (C=O) groups is 1. The van der Waals surface area contributed by atoms with Crippen molar-refractivity contribution in [3.63, 3.8) is 0 Å². The van der Waals surface area contributed by atoms with Crippen molar-refractivity contribution in [2.24, 2.45) is 0 Å². The van der Waals surface area contributed by atoms with E-state index in [9.17, 15) is 4.79 Å². The monoisotopic (exact) mass is 376 g/mol. The van der Waals surface area contributed by atoms with Crippen molar-refractivity contribution < 1.29 is 19.0 Å². The minimum absolute atomic E-state index is 0.0588. The average Bonchev–Trinajstić information content (AvgIpc) is 3.11. The first-order valence-electron chi connectivity index (χ1n) is 9.32. The van der Waals surface area contributed by atoms with E-state index >= 15 is 0 Å². The van der Waals surface area contributed by atoms with E-state index < -0.39 is 6.10 Å². The molecule has 0 bridgehead atoms. The van der Waals surface area contributed by atoms with E-state index in [1.165, 1.54) is 0 Å². The second-order valence-corrected chi connectivity index (χ2v) is 7.24. The lowest BCUT2D eigenvalue weighted by molar-refractivity contribution is -0.138. The molecule has 3 heterocycles. The van der Waals surface area contributed by atoms with Gasteiger partial charge in [-0.15, -0.1) is 0 Å². The van der Waals surface area contributed by atoms with Crippen LogP contribution in [0.25, 0.3) is 10.9 Å². The number of benzene rings is 2. The molecule has 0 saturated heterocycles. The van der Waals surface area contributed by atoms with Gasteiger partial charge in [0.15, 0.2) is 17.6 Å². The summed E-state index contributed by atoms with van der Waals surface area (Å²) in [6.07, 6.45) is -0.593. The molecule has 1 atom stereocenters. The lowest BCUT2D eigenvalue weighted by atomic mass is 10.1. The predicted molar refractivity (Wildman–Crippen MR) is 103 cm³/mol. The molecule has 0 unspecified atom stereocenters. The SMILES string of the molecule is Cc1cccc2cc3c(nc12)O[C@H](C)C(=O)N(Cc1ccc2c(c1)OCO2)C3. The number of aromatic nitrogens is 1. The topological polar surface area (TPSA) is 60.9 Å². The highest BCUT2D eigenvalue weighted by Crippen LogP contribution is 2.34. The molecule has 0 fully saturated rings. The molecule has 2 aromatic carbocycles. The number of para-hydroxylation sites is 1. The third-order valence-corrected chi connectivity index (χ3v) is 5.21. The molecule has 3 aromatic rings. The summed E-state index contributed by atoms with van der Waals surface area (Å²) in [5.41, 5.74) is 3.89. The fraction of sp³-hybridized carbons (Fsp3) is 0.273. The zero-order valence-corrected chi connectivity index (χ0v) is 15.8. The quantitative estimate of drug-likeness (QED) is 0.684. The van der Waals surface area contributed by atoms with Gasteiger partial charge in [0.25, 0.3) is 5.91 Å². The van der Waals surface area contributed by atoms with Gasteiger partial charge >= 0.3 is 0 Å². The van der Waals surface area contributed by atoms with Crippen LogP contribution in [0, 0.1) is 6.92 Å². The van der Waals surface area contributed by atoms with Crippen molar-refractivity contribution in [3.8, 4) is 17.4 Å². The first-order chi connectivity index (χ1) is 13.6. The van der Waals surface area contributed by atoms with Crippen LogP contribution in [0.1, 0.15) is 23.6 Å². The maximum Gasteiger partial charge on any atom is 0.264 e. The van der Waals surface area contributed by atoms with Gasteiger partial charge in [-0.05, 0) is 43.2 Å². The summed E-state index contributed by atoms with van der Waals surface area (Å²) in [6.45, 7) is 4.95. The lowest BCUT2D eigenvalue weighted by Gasteiger charge is -2.22. The summed E-state index contributed by atoms with van der Waals surface area (Å²) >= 11 is 0. The number of carbonyl (C=O) groups excluding carboxylic acids is 1. The van der Waals surface area contributed by atoms with Crippen LogP contribution in [-0.2, 0) is 17.9 Å². The Morgan fingerprint density at radius 1 is 1.14 bits per heavy atom. The fourth-order valence-corrected chi connectivity index (χ4v) is 3.74. The van der Waals surface area contributed by atoms with Crippen LogP contribution in [0.4, 0.5) is 0 Å². The molecule has 0 saturated carbocycles. The van der Waals surface area contributed by atoms with Crippen LogP contribution in [0.15, 0.2) is 42.5 Å². The molecule has 0 N–H and O–H groups in total. The van der Waals surface area contributed by atoms with Gasteiger partial charge in [0, 0.05) is 17.5 Å². The Morgan fingerprint density at radius 3 is 2.89 bits per heavy atom. The third kappa shape index (κ3) is 2.81. The molecular formula is C22H20N2O4. The van der Waals surface area contributed by atoms with E-state index in [0.29, 0.717) is 24.7 Å². The average molecular weight is 376 g/mol. The first kappa shape index (κ1) is 16.9. The Morgan fingerprint density at radius 2 is 2.00 bits per heavy atom. The van der Waals surface area contributed by atoms with Crippen molar-refractivity contribution in [1.29, 1.82) is 0 Å². The van der Waals surface area contributed by atoms with Crippen LogP contribution in [0.3, 0.4) is 0 Å². The molecular weight excluding hydrogens is 356 g/mol. The van der Waals surface area contributed by atoms with Gasteiger partial charge in [-0.2, -0.15) is 0 Å². The number of hydrogen-bond donors (Lipinski definition) is 0. The molecule has 1 aromatic heterocycles. The van der Waals surface area contributed by atoms with Crippen molar-refractivity contribution in [2.45, 2.75) is 33.0 Å². The Kier molecular flexibility index (Phi) is 3.86. The summed E-state index contributed by atoms with van der Waals surface area (Å²) in [6, 6.07) is 13.9. The highest BCUT2D eigenvalue weighted by Gasteiger charge is 2.29. The highest BCUT2D eigenvalue weighted by molar-refractivity contribution is 5.85. The molecule has 28 heavy (non-hydrogen) atoms. The van der Waals surface area contributed by atoms with E-state index in [1.54, 1.807) is 11.8 Å². The van der Waals surface area contributed by atoms with Gasteiger partial charge in [-0.1, -0.05) is 24.3 Å². The predicted octanol–water partition coefficient (Wildman–Crippen LogP) is 3.58. The van der Waals surface area contributed by atoms with Crippen LogP contribution in [0.2, 0.25) is 0 Å². The normalized spacial score (nSPS) is 18.0. The van der Waals surface area contributed by atoms with E-state index in [1.807, 2.05) is 43.3 Å². The van der Waals surface area contributed by atoms with Crippen LogP contribution >= 0.6 is 0 Å². The zero-order valence-electron chi connectivity index (χ0n) is 15.8. The molecule has 0 spiro atoms. The summed E-state index contributed by atoms with van der Waals surface area (Å²) in [5, 5.41) is 1.05. The van der Waals surface area contributed by atoms with Crippen molar-refractivity contribution in [2.75, 3.05) is 6.79 Å². The Balaban J connectivity index is 1.50. The summed E-state index contributed by atoms with van der Waals surface area (Å²) < 4.78 is 16.8. The minimum Gasteiger partial charge on any atom is -0.464 e. The van der Waals surface area contributed by atoms with Crippen LogP contribution in [-0.4, -0.2) is 28.7 Å². The van der Waals surface area contributed by atoms with Crippen molar-refractivity contribution in [1.82, 2.24) is 9.88 Å². The van der Waals surface area contributed by atoms with Gasteiger partial charge < -0.3 is 19.1 Å². The Labute approximate surface area is 162 Å². The van der Waals surface area contributed by atoms with Gasteiger partial charge in [0.05, 0.1) is 12.1 Å². The van der Waals surface area contributed by atoms with Crippen molar-refractivity contribution in [3.05, 3.63) is 59.2 Å². The number of fused-ring (bicyclic) bond motifs is 3. The van der Waals surface area contributed by atoms with Crippen LogP contribution < -0.4 is 14.2 Å². The summed E-state index contributed by atoms with van der Waals surface area (Å²) in [4.78, 5) is 19.4. The molecule has 6 nitrogen and oxygen atoms in total. The second-order valence-electron chi connectivity index (χ2n) is 7.24. The lowest BCUT2D eigenvalue weighted by Crippen LogP contribution is -2.37. The maximum absolute atomic E-state index is 12.9. The number of pyridine rings is 1. The first-order valence-corrected chi connectivity index (χ1v) is 9.32. The van der Waals surface area contributed by atoms with Gasteiger partial charge in [0.1, 0.15) is 0 Å². The fourth-order valence-electron chi connectivity index (χ4n) is 3.74. The van der Waals surface area contributed by atoms with Crippen molar-refractivity contribution >= 4 is 16.8 Å². The van der Waals surface area contributed by atoms with E-state index in [-0.39, 0.29) is 12.7 Å². The number of hydrogen-bond acceptors (Lipinski definition) is 5. The third-order valence-electron chi connectivity index (χ3n) is 5.21. The summed E-state index contributed by atoms with van der Waals surface area (Å²) in [5.74, 6) is 1.93. The largest absolute Gasteiger partial charge is 0.464 e. The number of amides is 1. The smallest absolute Gasteiger partial charge is 0.264 e. The molecule has 0 aliphatic carbocycles. The Bertz CT molecular complexity index is 1100. The Hall–Kier alpha value is -3.28. The number of aryl methyl sites for hydroxylation is 1. The zero-order chi connectivity index (χ0) is 19.3. The molecule has 142 valence electrons. The maximum atomic E-state index is 12.9. The minimum atomic E-state index is -0.593. The molecule has 5 rings (SSSR count). The van der Waals surface area contributed by atoms with Gasteiger partial charge in [0.2, 0.25) is 12.7 Å².